The molecule has 1 fully saturated rings. The second kappa shape index (κ2) is 4.10. The van der Waals surface area contributed by atoms with Crippen LogP contribution in [0.25, 0.3) is 0 Å². The van der Waals surface area contributed by atoms with E-state index in [-0.39, 0.29) is 6.04 Å². The molecule has 2 rings (SSSR count). The van der Waals surface area contributed by atoms with Gasteiger partial charge in [0.1, 0.15) is 5.75 Å². The Hall–Kier alpha value is -1.43. The molecule has 5 nitrogen and oxygen atoms in total. The Labute approximate surface area is 101 Å². The van der Waals surface area contributed by atoms with E-state index >= 15 is 0 Å². The summed E-state index contributed by atoms with van der Waals surface area (Å²) in [6.45, 7) is 0. The highest BCUT2D eigenvalue weighted by atomic mass is 32.2. The zero-order valence-electron chi connectivity index (χ0n) is 9.88. The first-order chi connectivity index (χ1) is 7.93. The molecule has 1 saturated carbocycles. The molecule has 0 aliphatic heterocycles. The number of nitrogens with zero attached hydrogens (tertiary/aromatic N) is 1. The van der Waals surface area contributed by atoms with E-state index in [1.807, 2.05) is 0 Å². The summed E-state index contributed by atoms with van der Waals surface area (Å²) in [5.74, 6) is 0.600. The lowest BCUT2D eigenvalue weighted by molar-refractivity contribution is 0.415. The smallest absolute Gasteiger partial charge is 0.232 e. The monoisotopic (exact) mass is 256 g/mol. The summed E-state index contributed by atoms with van der Waals surface area (Å²) in [4.78, 5) is 0. The van der Waals surface area contributed by atoms with E-state index in [0.29, 0.717) is 17.1 Å². The van der Waals surface area contributed by atoms with Gasteiger partial charge in [-0.2, -0.15) is 0 Å². The van der Waals surface area contributed by atoms with Crippen LogP contribution in [-0.2, 0) is 10.0 Å². The van der Waals surface area contributed by atoms with E-state index in [9.17, 15) is 8.42 Å². The second-order valence-electron chi connectivity index (χ2n) is 4.21. The quantitative estimate of drug-likeness (QED) is 0.822. The molecule has 0 atom stereocenters. The van der Waals surface area contributed by atoms with Crippen LogP contribution in [0.3, 0.4) is 0 Å². The van der Waals surface area contributed by atoms with Crippen molar-refractivity contribution in [3.8, 4) is 5.75 Å². The fourth-order valence-electron chi connectivity index (χ4n) is 1.80. The van der Waals surface area contributed by atoms with Gasteiger partial charge in [-0.05, 0) is 25.0 Å². The molecule has 0 heterocycles. The molecule has 2 N–H and O–H groups in total. The van der Waals surface area contributed by atoms with Crippen molar-refractivity contribution in [2.24, 2.45) is 0 Å². The van der Waals surface area contributed by atoms with Crippen molar-refractivity contribution in [1.82, 2.24) is 0 Å². The Kier molecular flexibility index (Phi) is 2.91. The number of rotatable bonds is 4. The number of benzene rings is 1. The highest BCUT2D eigenvalue weighted by molar-refractivity contribution is 7.92. The van der Waals surface area contributed by atoms with E-state index in [2.05, 4.69) is 0 Å². The molecule has 0 amide bonds. The number of anilines is 2. The Morgan fingerprint density at radius 3 is 2.53 bits per heavy atom. The molecule has 0 radical (unpaired) electrons. The van der Waals surface area contributed by atoms with Gasteiger partial charge in [0.2, 0.25) is 10.0 Å². The van der Waals surface area contributed by atoms with E-state index in [4.69, 9.17) is 10.5 Å². The fourth-order valence-corrected chi connectivity index (χ4v) is 3.06. The molecule has 1 aromatic rings. The molecule has 0 aromatic heterocycles. The van der Waals surface area contributed by atoms with Crippen molar-refractivity contribution in [2.75, 3.05) is 23.4 Å². The minimum Gasteiger partial charge on any atom is -0.497 e. The highest BCUT2D eigenvalue weighted by Crippen LogP contribution is 2.38. The van der Waals surface area contributed by atoms with Crippen LogP contribution in [0.1, 0.15) is 12.8 Å². The van der Waals surface area contributed by atoms with Gasteiger partial charge in [0.15, 0.2) is 0 Å². The van der Waals surface area contributed by atoms with E-state index in [1.165, 1.54) is 17.7 Å². The summed E-state index contributed by atoms with van der Waals surface area (Å²) in [5, 5.41) is 0. The lowest BCUT2D eigenvalue weighted by atomic mass is 10.2. The first-order valence-corrected chi connectivity index (χ1v) is 7.21. The van der Waals surface area contributed by atoms with Crippen LogP contribution < -0.4 is 14.8 Å². The number of sulfonamides is 1. The average molecular weight is 256 g/mol. The van der Waals surface area contributed by atoms with Crippen LogP contribution in [0.5, 0.6) is 5.75 Å². The molecule has 0 saturated heterocycles. The maximum atomic E-state index is 11.8. The van der Waals surface area contributed by atoms with Crippen LogP contribution in [0.4, 0.5) is 11.4 Å². The van der Waals surface area contributed by atoms with Gasteiger partial charge in [-0.25, -0.2) is 8.42 Å². The lowest BCUT2D eigenvalue weighted by Gasteiger charge is -2.23. The van der Waals surface area contributed by atoms with Gasteiger partial charge >= 0.3 is 0 Å². The van der Waals surface area contributed by atoms with Crippen LogP contribution in [0, 0.1) is 0 Å². The molecule has 0 unspecified atom stereocenters. The molecule has 17 heavy (non-hydrogen) atoms. The molecule has 1 aromatic carbocycles. The van der Waals surface area contributed by atoms with E-state index < -0.39 is 10.0 Å². The molecule has 1 aliphatic rings. The predicted molar refractivity (Wildman–Crippen MR) is 67.8 cm³/mol. The summed E-state index contributed by atoms with van der Waals surface area (Å²) in [6.07, 6.45) is 2.96. The third-order valence-electron chi connectivity index (χ3n) is 2.71. The van der Waals surface area contributed by atoms with Gasteiger partial charge in [-0.15, -0.1) is 0 Å². The standard InChI is InChI=1S/C11H16N2O3S/c1-16-9-5-6-10(12)11(7-9)13(8-3-4-8)17(2,14)15/h5-8H,3-4,12H2,1-2H3. The molecule has 6 heteroatoms. The van der Waals surface area contributed by atoms with Crippen LogP contribution >= 0.6 is 0 Å². The summed E-state index contributed by atoms with van der Waals surface area (Å²) in [5.41, 5.74) is 6.80. The maximum Gasteiger partial charge on any atom is 0.232 e. The fraction of sp³-hybridized carbons (Fsp3) is 0.455. The second-order valence-corrected chi connectivity index (χ2v) is 6.07. The highest BCUT2D eigenvalue weighted by Gasteiger charge is 2.36. The lowest BCUT2D eigenvalue weighted by Crippen LogP contribution is -2.32. The third-order valence-corrected chi connectivity index (χ3v) is 3.92. The number of ether oxygens (including phenoxy) is 1. The van der Waals surface area contributed by atoms with Crippen LogP contribution in [-0.4, -0.2) is 27.8 Å². The van der Waals surface area contributed by atoms with E-state index in [1.54, 1.807) is 18.2 Å². The van der Waals surface area contributed by atoms with Gasteiger partial charge in [-0.3, -0.25) is 4.31 Å². The zero-order chi connectivity index (χ0) is 12.6. The number of nitrogens with two attached hydrogens (primary N) is 1. The summed E-state index contributed by atoms with van der Waals surface area (Å²) >= 11 is 0. The van der Waals surface area contributed by atoms with Crippen molar-refractivity contribution < 1.29 is 13.2 Å². The van der Waals surface area contributed by atoms with Gasteiger partial charge in [-0.1, -0.05) is 0 Å². The van der Waals surface area contributed by atoms with Crippen LogP contribution in [0.15, 0.2) is 18.2 Å². The molecule has 1 aliphatic carbocycles. The Balaban J connectivity index is 2.49. The minimum atomic E-state index is -3.30. The Morgan fingerprint density at radius 1 is 1.41 bits per heavy atom. The SMILES string of the molecule is COc1ccc(N)c(N(C2CC2)S(C)(=O)=O)c1. The van der Waals surface area contributed by atoms with Crippen molar-refractivity contribution in [3.05, 3.63) is 18.2 Å². The summed E-state index contributed by atoms with van der Waals surface area (Å²) < 4.78 is 30.1. The number of hydrogen-bond donors (Lipinski definition) is 1. The summed E-state index contributed by atoms with van der Waals surface area (Å²) in [7, 11) is -1.77. The topological polar surface area (TPSA) is 72.6 Å². The average Bonchev–Trinajstić information content (AvgIpc) is 3.03. The molecule has 94 valence electrons. The first-order valence-electron chi connectivity index (χ1n) is 5.36. The normalized spacial score (nSPS) is 15.6. The van der Waals surface area contributed by atoms with Crippen molar-refractivity contribution in [1.29, 1.82) is 0 Å². The van der Waals surface area contributed by atoms with Gasteiger partial charge in [0, 0.05) is 12.1 Å². The van der Waals surface area contributed by atoms with Crippen molar-refractivity contribution in [2.45, 2.75) is 18.9 Å². The molecular formula is C11H16N2O3S. The number of nitrogen functional groups attached to an aromatic ring is 1. The van der Waals surface area contributed by atoms with Crippen LogP contribution in [0.2, 0.25) is 0 Å². The first kappa shape index (κ1) is 12.0. The largest absolute Gasteiger partial charge is 0.497 e. The zero-order valence-corrected chi connectivity index (χ0v) is 10.7. The number of hydrogen-bond acceptors (Lipinski definition) is 4. The number of methoxy groups -OCH3 is 1. The van der Waals surface area contributed by atoms with Gasteiger partial charge in [0.25, 0.3) is 0 Å². The maximum absolute atomic E-state index is 11.8. The van der Waals surface area contributed by atoms with Crippen molar-refractivity contribution in [3.63, 3.8) is 0 Å². The minimum absolute atomic E-state index is 0.0411. The third kappa shape index (κ3) is 2.46. The van der Waals surface area contributed by atoms with E-state index in [0.717, 1.165) is 12.8 Å². The van der Waals surface area contributed by atoms with Crippen molar-refractivity contribution >= 4 is 21.4 Å². The summed E-state index contributed by atoms with van der Waals surface area (Å²) in [6, 6.07) is 5.08. The van der Waals surface area contributed by atoms with Gasteiger partial charge in [0.05, 0.1) is 24.7 Å². The predicted octanol–water partition coefficient (Wildman–Crippen LogP) is 1.21. The molecule has 0 bridgehead atoms. The molecule has 0 spiro atoms. The molecular weight excluding hydrogens is 240 g/mol. The Morgan fingerprint density at radius 2 is 2.06 bits per heavy atom. The Bertz CT molecular complexity index is 524. The van der Waals surface area contributed by atoms with Gasteiger partial charge < -0.3 is 10.5 Å².